The highest BCUT2D eigenvalue weighted by molar-refractivity contribution is 7.99. The number of rotatable bonds is 2. The van der Waals surface area contributed by atoms with Crippen LogP contribution in [-0.2, 0) is 0 Å². The maximum atomic E-state index is 12.0. The Bertz CT molecular complexity index is 365. The second-order valence-electron chi connectivity index (χ2n) is 3.97. The van der Waals surface area contributed by atoms with Gasteiger partial charge < -0.3 is 11.1 Å². The summed E-state index contributed by atoms with van der Waals surface area (Å²) in [6.45, 7) is 1.80. The molecule has 6 heteroatoms. The minimum Gasteiger partial charge on any atom is -0.382 e. The van der Waals surface area contributed by atoms with Crippen LogP contribution in [0.3, 0.4) is 0 Å². The van der Waals surface area contributed by atoms with Crippen LogP contribution in [0.1, 0.15) is 28.9 Å². The fourth-order valence-electron chi connectivity index (χ4n) is 1.83. The van der Waals surface area contributed by atoms with E-state index in [1.54, 1.807) is 6.92 Å². The number of H-pyrrole nitrogens is 1. The van der Waals surface area contributed by atoms with Gasteiger partial charge in [0.2, 0.25) is 0 Å². The van der Waals surface area contributed by atoms with Crippen LogP contribution in [-0.4, -0.2) is 33.7 Å². The zero-order valence-corrected chi connectivity index (χ0v) is 10.1. The van der Waals surface area contributed by atoms with E-state index < -0.39 is 0 Å². The summed E-state index contributed by atoms with van der Waals surface area (Å²) < 4.78 is 0. The van der Waals surface area contributed by atoms with Crippen LogP contribution in [0.15, 0.2) is 0 Å². The first-order valence-corrected chi connectivity index (χ1v) is 6.53. The Morgan fingerprint density at radius 1 is 1.56 bits per heavy atom. The highest BCUT2D eigenvalue weighted by Gasteiger charge is 2.21. The SMILES string of the molecule is Cc1[nH]nc(N)c1C(=O)NC1CCSCC1. The Balaban J connectivity index is 2.02. The van der Waals surface area contributed by atoms with Gasteiger partial charge in [0.25, 0.3) is 5.91 Å². The molecule has 88 valence electrons. The highest BCUT2D eigenvalue weighted by atomic mass is 32.2. The van der Waals surface area contributed by atoms with Crippen molar-refractivity contribution in [3.63, 3.8) is 0 Å². The van der Waals surface area contributed by atoms with Crippen LogP contribution in [0, 0.1) is 6.92 Å². The molecular weight excluding hydrogens is 224 g/mol. The van der Waals surface area contributed by atoms with Gasteiger partial charge in [0.05, 0.1) is 0 Å². The molecule has 1 fully saturated rings. The van der Waals surface area contributed by atoms with Gasteiger partial charge in [0.1, 0.15) is 5.56 Å². The molecule has 1 aliphatic heterocycles. The third-order valence-corrected chi connectivity index (χ3v) is 3.81. The van der Waals surface area contributed by atoms with Crippen LogP contribution in [0.25, 0.3) is 0 Å². The number of aryl methyl sites for hydroxylation is 1. The summed E-state index contributed by atoms with van der Waals surface area (Å²) in [5.41, 5.74) is 6.85. The number of thioether (sulfide) groups is 1. The molecule has 1 aromatic heterocycles. The molecular formula is C10H16N4OS. The smallest absolute Gasteiger partial charge is 0.257 e. The Kier molecular flexibility index (Phi) is 3.38. The molecule has 0 atom stereocenters. The van der Waals surface area contributed by atoms with E-state index in [2.05, 4.69) is 15.5 Å². The second-order valence-corrected chi connectivity index (χ2v) is 5.19. The average molecular weight is 240 g/mol. The number of anilines is 1. The molecule has 1 aliphatic rings. The Labute approximate surface area is 98.6 Å². The fourth-order valence-corrected chi connectivity index (χ4v) is 2.94. The van der Waals surface area contributed by atoms with E-state index in [0.717, 1.165) is 30.0 Å². The van der Waals surface area contributed by atoms with Crippen molar-refractivity contribution in [1.82, 2.24) is 15.5 Å². The van der Waals surface area contributed by atoms with Crippen molar-refractivity contribution in [2.75, 3.05) is 17.2 Å². The Morgan fingerprint density at radius 2 is 2.25 bits per heavy atom. The van der Waals surface area contributed by atoms with Crippen molar-refractivity contribution in [3.8, 4) is 0 Å². The number of aromatic amines is 1. The summed E-state index contributed by atoms with van der Waals surface area (Å²) in [5, 5.41) is 9.54. The van der Waals surface area contributed by atoms with Gasteiger partial charge in [-0.2, -0.15) is 16.9 Å². The number of nitrogens with one attached hydrogen (secondary N) is 2. The molecule has 2 rings (SSSR count). The number of amides is 1. The number of nitrogens with two attached hydrogens (primary N) is 1. The molecule has 1 amide bonds. The molecule has 1 saturated heterocycles. The molecule has 0 bridgehead atoms. The van der Waals surface area contributed by atoms with E-state index >= 15 is 0 Å². The molecule has 4 N–H and O–H groups in total. The zero-order valence-electron chi connectivity index (χ0n) is 9.25. The number of aromatic nitrogens is 2. The molecule has 1 aromatic rings. The number of carbonyl (C=O) groups is 1. The topological polar surface area (TPSA) is 83.8 Å². The first-order valence-electron chi connectivity index (χ1n) is 5.37. The fraction of sp³-hybridized carbons (Fsp3) is 0.600. The largest absolute Gasteiger partial charge is 0.382 e. The highest BCUT2D eigenvalue weighted by Crippen LogP contribution is 2.18. The predicted molar refractivity (Wildman–Crippen MR) is 65.6 cm³/mol. The van der Waals surface area contributed by atoms with Gasteiger partial charge in [-0.25, -0.2) is 0 Å². The first kappa shape index (κ1) is 11.3. The second kappa shape index (κ2) is 4.78. The van der Waals surface area contributed by atoms with Gasteiger partial charge in [-0.3, -0.25) is 9.89 Å². The molecule has 16 heavy (non-hydrogen) atoms. The van der Waals surface area contributed by atoms with Gasteiger partial charge in [0, 0.05) is 11.7 Å². The van der Waals surface area contributed by atoms with Crippen molar-refractivity contribution >= 4 is 23.5 Å². The van der Waals surface area contributed by atoms with E-state index in [9.17, 15) is 4.79 Å². The van der Waals surface area contributed by atoms with Crippen LogP contribution in [0.5, 0.6) is 0 Å². The maximum absolute atomic E-state index is 12.0. The third kappa shape index (κ3) is 2.32. The van der Waals surface area contributed by atoms with Crippen molar-refractivity contribution in [1.29, 1.82) is 0 Å². The van der Waals surface area contributed by atoms with E-state index in [0.29, 0.717) is 5.56 Å². The van der Waals surface area contributed by atoms with Gasteiger partial charge in [0.15, 0.2) is 5.82 Å². The summed E-state index contributed by atoms with van der Waals surface area (Å²) >= 11 is 1.94. The van der Waals surface area contributed by atoms with E-state index in [4.69, 9.17) is 5.73 Å². The molecule has 5 nitrogen and oxygen atoms in total. The van der Waals surface area contributed by atoms with Crippen LogP contribution in [0.4, 0.5) is 5.82 Å². The number of nitrogens with zero attached hydrogens (tertiary/aromatic N) is 1. The molecule has 0 aromatic carbocycles. The summed E-state index contributed by atoms with van der Waals surface area (Å²) in [5.74, 6) is 2.40. The number of carbonyl (C=O) groups excluding carboxylic acids is 1. The minimum atomic E-state index is -0.111. The van der Waals surface area contributed by atoms with Crippen molar-refractivity contribution in [2.45, 2.75) is 25.8 Å². The van der Waals surface area contributed by atoms with Crippen molar-refractivity contribution < 1.29 is 4.79 Å². The average Bonchev–Trinajstić information content (AvgIpc) is 2.60. The first-order chi connectivity index (χ1) is 7.68. The molecule has 0 radical (unpaired) electrons. The normalized spacial score (nSPS) is 17.3. The van der Waals surface area contributed by atoms with Crippen LogP contribution in [0.2, 0.25) is 0 Å². The third-order valence-electron chi connectivity index (χ3n) is 2.76. The van der Waals surface area contributed by atoms with E-state index in [-0.39, 0.29) is 17.8 Å². The number of hydrogen-bond acceptors (Lipinski definition) is 4. The summed E-state index contributed by atoms with van der Waals surface area (Å²) in [6.07, 6.45) is 2.07. The lowest BCUT2D eigenvalue weighted by Crippen LogP contribution is -2.37. The van der Waals surface area contributed by atoms with Gasteiger partial charge in [-0.15, -0.1) is 0 Å². The number of hydrogen-bond donors (Lipinski definition) is 3. The minimum absolute atomic E-state index is 0.111. The van der Waals surface area contributed by atoms with Gasteiger partial charge >= 0.3 is 0 Å². The zero-order chi connectivity index (χ0) is 11.5. The van der Waals surface area contributed by atoms with Crippen molar-refractivity contribution in [3.05, 3.63) is 11.3 Å². The monoisotopic (exact) mass is 240 g/mol. The van der Waals surface area contributed by atoms with Gasteiger partial charge in [-0.1, -0.05) is 0 Å². The van der Waals surface area contributed by atoms with Gasteiger partial charge in [-0.05, 0) is 31.3 Å². The van der Waals surface area contributed by atoms with Crippen LogP contribution >= 0.6 is 11.8 Å². The molecule has 0 unspecified atom stereocenters. The van der Waals surface area contributed by atoms with E-state index in [1.807, 2.05) is 11.8 Å². The maximum Gasteiger partial charge on any atom is 0.257 e. The number of nitrogen functional groups attached to an aromatic ring is 1. The summed E-state index contributed by atoms with van der Waals surface area (Å²) in [4.78, 5) is 12.0. The Hall–Kier alpha value is -1.17. The van der Waals surface area contributed by atoms with E-state index in [1.165, 1.54) is 0 Å². The molecule has 0 aliphatic carbocycles. The lowest BCUT2D eigenvalue weighted by molar-refractivity contribution is 0.0935. The predicted octanol–water partition coefficient (Wildman–Crippen LogP) is 0.926. The lowest BCUT2D eigenvalue weighted by Gasteiger charge is -2.22. The quantitative estimate of drug-likeness (QED) is 0.718. The standard InChI is InChI=1S/C10H16N4OS/c1-6-8(9(11)14-13-6)10(15)12-7-2-4-16-5-3-7/h7H,2-5H2,1H3,(H,12,15)(H3,11,13,14). The Morgan fingerprint density at radius 3 is 2.81 bits per heavy atom. The molecule has 2 heterocycles. The summed E-state index contributed by atoms with van der Waals surface area (Å²) in [7, 11) is 0. The summed E-state index contributed by atoms with van der Waals surface area (Å²) in [6, 6.07) is 0.280. The van der Waals surface area contributed by atoms with Crippen molar-refractivity contribution in [2.24, 2.45) is 0 Å². The molecule has 0 saturated carbocycles. The molecule has 0 spiro atoms. The van der Waals surface area contributed by atoms with Crippen LogP contribution < -0.4 is 11.1 Å². The lowest BCUT2D eigenvalue weighted by atomic mass is 10.1.